The van der Waals surface area contributed by atoms with E-state index >= 15 is 0 Å². The minimum Gasteiger partial charge on any atom is -0.480 e. The fourth-order valence-corrected chi connectivity index (χ4v) is 2.42. The predicted octanol–water partition coefficient (Wildman–Crippen LogP) is 1.37. The summed E-state index contributed by atoms with van der Waals surface area (Å²) < 4.78 is 5.25. The maximum Gasteiger partial charge on any atom is 0.329 e. The number of piperidine rings is 1. The van der Waals surface area contributed by atoms with Crippen LogP contribution in [0, 0.1) is 17.0 Å². The lowest BCUT2D eigenvalue weighted by atomic mass is 10.1. The topological polar surface area (TPSA) is 106 Å². The van der Waals surface area contributed by atoms with E-state index in [1.54, 1.807) is 19.2 Å². The lowest BCUT2D eigenvalue weighted by molar-refractivity contribution is -0.384. The Bertz CT molecular complexity index is 541. The van der Waals surface area contributed by atoms with Gasteiger partial charge in [0.15, 0.2) is 0 Å². The van der Waals surface area contributed by atoms with Crippen LogP contribution in [-0.2, 0) is 9.53 Å². The van der Waals surface area contributed by atoms with Crippen LogP contribution in [0.25, 0.3) is 0 Å². The van der Waals surface area contributed by atoms with Gasteiger partial charge in [0.25, 0.3) is 0 Å². The molecule has 0 spiro atoms. The Morgan fingerprint density at radius 2 is 2.24 bits per heavy atom. The zero-order valence-electron chi connectivity index (χ0n) is 11.7. The molecular weight excluding hydrogens is 278 g/mol. The highest BCUT2D eigenvalue weighted by Gasteiger charge is 2.27. The quantitative estimate of drug-likeness (QED) is 0.645. The number of rotatable bonds is 5. The Balaban J connectivity index is 2.04. The first-order valence-electron chi connectivity index (χ1n) is 6.67. The molecule has 1 saturated heterocycles. The van der Waals surface area contributed by atoms with Crippen molar-refractivity contribution in [3.8, 4) is 0 Å². The summed E-state index contributed by atoms with van der Waals surface area (Å²) in [7, 11) is 0. The number of anilines is 1. The summed E-state index contributed by atoms with van der Waals surface area (Å²) in [6.45, 7) is 2.49. The van der Waals surface area contributed by atoms with Gasteiger partial charge >= 0.3 is 11.7 Å². The number of carbonyl (C=O) groups is 1. The Morgan fingerprint density at radius 1 is 1.57 bits per heavy atom. The number of hydrogen-bond acceptors (Lipinski definition) is 6. The normalized spacial score (nSPS) is 16.0. The summed E-state index contributed by atoms with van der Waals surface area (Å²) >= 11 is 0. The summed E-state index contributed by atoms with van der Waals surface area (Å²) in [5.74, 6) is -0.620. The molecule has 1 aliphatic rings. The molecule has 1 fully saturated rings. The molecule has 21 heavy (non-hydrogen) atoms. The van der Waals surface area contributed by atoms with E-state index in [9.17, 15) is 14.9 Å². The van der Waals surface area contributed by atoms with Gasteiger partial charge in [-0.25, -0.2) is 9.78 Å². The second-order valence-electron chi connectivity index (χ2n) is 4.95. The van der Waals surface area contributed by atoms with Gasteiger partial charge in [-0.3, -0.25) is 10.1 Å². The molecule has 0 unspecified atom stereocenters. The first-order chi connectivity index (χ1) is 9.99. The zero-order valence-corrected chi connectivity index (χ0v) is 11.7. The van der Waals surface area contributed by atoms with Crippen molar-refractivity contribution in [2.45, 2.75) is 25.9 Å². The number of pyridine rings is 1. The van der Waals surface area contributed by atoms with Crippen molar-refractivity contribution in [2.75, 3.05) is 24.6 Å². The summed E-state index contributed by atoms with van der Waals surface area (Å²) in [6, 6.07) is 1.62. The molecule has 1 aromatic heterocycles. The fraction of sp³-hybridized carbons (Fsp3) is 0.538. The molecule has 1 aromatic rings. The van der Waals surface area contributed by atoms with E-state index in [1.165, 1.54) is 0 Å². The van der Waals surface area contributed by atoms with Crippen molar-refractivity contribution in [1.82, 2.24) is 4.98 Å². The van der Waals surface area contributed by atoms with E-state index in [1.807, 2.05) is 4.90 Å². The van der Waals surface area contributed by atoms with E-state index in [2.05, 4.69) is 4.98 Å². The average Bonchev–Trinajstić information content (AvgIpc) is 2.45. The highest BCUT2D eigenvalue weighted by Crippen LogP contribution is 2.31. The van der Waals surface area contributed by atoms with Crippen LogP contribution in [0.4, 0.5) is 11.5 Å². The first-order valence-corrected chi connectivity index (χ1v) is 6.67. The van der Waals surface area contributed by atoms with Gasteiger partial charge < -0.3 is 14.7 Å². The number of ether oxygens (including phenoxy) is 1. The molecule has 0 amide bonds. The summed E-state index contributed by atoms with van der Waals surface area (Å²) in [5.41, 5.74) is 0.608. The van der Waals surface area contributed by atoms with Crippen LogP contribution in [0.3, 0.4) is 0 Å². The largest absolute Gasteiger partial charge is 0.480 e. The van der Waals surface area contributed by atoms with E-state index in [0.717, 1.165) is 0 Å². The maximum absolute atomic E-state index is 11.2. The molecule has 8 nitrogen and oxygen atoms in total. The van der Waals surface area contributed by atoms with Crippen LogP contribution in [0.2, 0.25) is 0 Å². The number of nitrogens with zero attached hydrogens (tertiary/aromatic N) is 3. The first kappa shape index (κ1) is 15.2. The number of aliphatic carboxylic acids is 1. The standard InChI is InChI=1S/C13H17N3O5/c1-9-2-5-14-13(12(9)16(19)20)15-6-3-10(4-7-15)21-8-11(17)18/h2,5,10H,3-4,6-8H2,1H3,(H,17,18). The number of nitro groups is 1. The van der Waals surface area contributed by atoms with E-state index in [0.29, 0.717) is 37.3 Å². The van der Waals surface area contributed by atoms with Crippen LogP contribution < -0.4 is 4.90 Å². The smallest absolute Gasteiger partial charge is 0.329 e. The Hall–Kier alpha value is -2.22. The highest BCUT2D eigenvalue weighted by molar-refractivity contribution is 5.68. The molecule has 114 valence electrons. The molecule has 0 radical (unpaired) electrons. The lowest BCUT2D eigenvalue weighted by Gasteiger charge is -2.32. The second-order valence-corrected chi connectivity index (χ2v) is 4.95. The molecule has 0 saturated carbocycles. The van der Waals surface area contributed by atoms with Gasteiger partial charge in [-0.2, -0.15) is 0 Å². The molecule has 1 aliphatic heterocycles. The Labute approximate surface area is 121 Å². The molecule has 2 heterocycles. The van der Waals surface area contributed by atoms with Gasteiger partial charge in [0, 0.05) is 24.8 Å². The summed E-state index contributed by atoms with van der Waals surface area (Å²) in [6.07, 6.45) is 2.69. The van der Waals surface area contributed by atoms with Crippen molar-refractivity contribution in [3.63, 3.8) is 0 Å². The number of hydrogen-bond donors (Lipinski definition) is 1. The molecule has 0 aliphatic carbocycles. The lowest BCUT2D eigenvalue weighted by Crippen LogP contribution is -2.38. The van der Waals surface area contributed by atoms with Gasteiger partial charge in [0.05, 0.1) is 11.0 Å². The molecule has 0 bridgehead atoms. The number of carboxylic acid groups (broad SMARTS) is 1. The van der Waals surface area contributed by atoms with E-state index in [-0.39, 0.29) is 18.4 Å². The number of aromatic nitrogens is 1. The third kappa shape index (κ3) is 3.66. The van der Waals surface area contributed by atoms with Crippen LogP contribution in [0.15, 0.2) is 12.3 Å². The van der Waals surface area contributed by atoms with Crippen molar-refractivity contribution < 1.29 is 19.6 Å². The van der Waals surface area contributed by atoms with Gasteiger partial charge in [-0.1, -0.05) is 0 Å². The monoisotopic (exact) mass is 295 g/mol. The molecule has 0 atom stereocenters. The van der Waals surface area contributed by atoms with Crippen LogP contribution >= 0.6 is 0 Å². The van der Waals surface area contributed by atoms with Crippen LogP contribution in [0.1, 0.15) is 18.4 Å². The van der Waals surface area contributed by atoms with Crippen LogP contribution in [-0.4, -0.2) is 46.8 Å². The number of aryl methyl sites for hydroxylation is 1. The van der Waals surface area contributed by atoms with Crippen LogP contribution in [0.5, 0.6) is 0 Å². The SMILES string of the molecule is Cc1ccnc(N2CCC(OCC(=O)O)CC2)c1[N+](=O)[O-]. The molecule has 8 heteroatoms. The third-order valence-electron chi connectivity index (χ3n) is 3.47. The van der Waals surface area contributed by atoms with Gasteiger partial charge in [0.2, 0.25) is 5.82 Å². The van der Waals surface area contributed by atoms with Crippen molar-refractivity contribution in [1.29, 1.82) is 0 Å². The van der Waals surface area contributed by atoms with E-state index in [4.69, 9.17) is 9.84 Å². The van der Waals surface area contributed by atoms with Crippen molar-refractivity contribution >= 4 is 17.5 Å². The van der Waals surface area contributed by atoms with Crippen molar-refractivity contribution in [3.05, 3.63) is 27.9 Å². The Kier molecular flexibility index (Phi) is 4.69. The summed E-state index contributed by atoms with van der Waals surface area (Å²) in [5, 5.41) is 19.8. The fourth-order valence-electron chi connectivity index (χ4n) is 2.42. The minimum atomic E-state index is -0.992. The van der Waals surface area contributed by atoms with Crippen molar-refractivity contribution in [2.24, 2.45) is 0 Å². The predicted molar refractivity (Wildman–Crippen MR) is 74.5 cm³/mol. The average molecular weight is 295 g/mol. The maximum atomic E-state index is 11.2. The van der Waals surface area contributed by atoms with E-state index < -0.39 is 10.9 Å². The summed E-state index contributed by atoms with van der Waals surface area (Å²) in [4.78, 5) is 27.2. The highest BCUT2D eigenvalue weighted by atomic mass is 16.6. The molecular formula is C13H17N3O5. The van der Waals surface area contributed by atoms with Gasteiger partial charge in [0.1, 0.15) is 6.61 Å². The third-order valence-corrected chi connectivity index (χ3v) is 3.47. The zero-order chi connectivity index (χ0) is 15.4. The van der Waals surface area contributed by atoms with Gasteiger partial charge in [-0.05, 0) is 25.8 Å². The molecule has 0 aromatic carbocycles. The Morgan fingerprint density at radius 3 is 2.81 bits per heavy atom. The molecule has 2 rings (SSSR count). The molecule has 1 N–H and O–H groups in total. The van der Waals surface area contributed by atoms with Gasteiger partial charge in [-0.15, -0.1) is 0 Å². The minimum absolute atomic E-state index is 0.0300. The second kappa shape index (κ2) is 6.49. The number of carboxylic acids is 1.